The molecule has 1 aromatic carbocycles. The van der Waals surface area contributed by atoms with Gasteiger partial charge >= 0.3 is 0 Å². The standard InChI is InChI=1S/C17H23N3O2/c1-19(11-17(12-21)13-22-14-17)10-16-18-7-8-20(16)9-15-5-3-2-4-6-15/h2-8,21H,9-14H2,1H3. The van der Waals surface area contributed by atoms with Crippen molar-refractivity contribution in [1.29, 1.82) is 0 Å². The van der Waals surface area contributed by atoms with E-state index in [2.05, 4.69) is 45.8 Å². The van der Waals surface area contributed by atoms with Gasteiger partial charge in [-0.05, 0) is 12.6 Å². The molecule has 2 heterocycles. The maximum atomic E-state index is 9.53. The van der Waals surface area contributed by atoms with E-state index in [0.717, 1.165) is 25.5 Å². The van der Waals surface area contributed by atoms with Gasteiger partial charge in [0.05, 0.1) is 31.8 Å². The quantitative estimate of drug-likeness (QED) is 0.839. The smallest absolute Gasteiger partial charge is 0.123 e. The summed E-state index contributed by atoms with van der Waals surface area (Å²) in [4.78, 5) is 6.69. The molecule has 0 radical (unpaired) electrons. The molecule has 0 saturated carbocycles. The number of imidazole rings is 1. The summed E-state index contributed by atoms with van der Waals surface area (Å²) in [7, 11) is 2.07. The number of benzene rings is 1. The van der Waals surface area contributed by atoms with E-state index < -0.39 is 0 Å². The molecule has 0 unspecified atom stereocenters. The Bertz CT molecular complexity index is 587. The molecule has 0 spiro atoms. The number of rotatable bonds is 7. The lowest BCUT2D eigenvalue weighted by molar-refractivity contribution is -0.147. The molecule has 22 heavy (non-hydrogen) atoms. The topological polar surface area (TPSA) is 50.5 Å². The summed E-state index contributed by atoms with van der Waals surface area (Å²) in [6.45, 7) is 3.88. The van der Waals surface area contributed by atoms with Gasteiger partial charge in [-0.2, -0.15) is 0 Å². The summed E-state index contributed by atoms with van der Waals surface area (Å²) in [6.07, 6.45) is 3.87. The zero-order valence-electron chi connectivity index (χ0n) is 13.0. The van der Waals surface area contributed by atoms with Crippen LogP contribution in [0.2, 0.25) is 0 Å². The molecule has 0 amide bonds. The number of nitrogens with zero attached hydrogens (tertiary/aromatic N) is 3. The molecule has 0 atom stereocenters. The van der Waals surface area contributed by atoms with Gasteiger partial charge in [0.1, 0.15) is 5.82 Å². The monoisotopic (exact) mass is 301 g/mol. The molecular formula is C17H23N3O2. The van der Waals surface area contributed by atoms with Gasteiger partial charge in [0.15, 0.2) is 0 Å². The fourth-order valence-corrected chi connectivity index (χ4v) is 2.91. The van der Waals surface area contributed by atoms with Crippen molar-refractivity contribution < 1.29 is 9.84 Å². The van der Waals surface area contributed by atoms with Crippen LogP contribution in [0.25, 0.3) is 0 Å². The van der Waals surface area contributed by atoms with Gasteiger partial charge in [0.25, 0.3) is 0 Å². The van der Waals surface area contributed by atoms with Gasteiger partial charge < -0.3 is 14.4 Å². The highest BCUT2D eigenvalue weighted by Crippen LogP contribution is 2.27. The van der Waals surface area contributed by atoms with Crippen LogP contribution >= 0.6 is 0 Å². The largest absolute Gasteiger partial charge is 0.396 e. The van der Waals surface area contributed by atoms with Gasteiger partial charge in [-0.1, -0.05) is 30.3 Å². The maximum absolute atomic E-state index is 9.53. The van der Waals surface area contributed by atoms with Crippen molar-refractivity contribution in [2.45, 2.75) is 13.1 Å². The third kappa shape index (κ3) is 3.38. The lowest BCUT2D eigenvalue weighted by atomic mass is 9.86. The van der Waals surface area contributed by atoms with Crippen LogP contribution < -0.4 is 0 Å². The van der Waals surface area contributed by atoms with Gasteiger partial charge in [0, 0.05) is 25.5 Å². The van der Waals surface area contributed by atoms with E-state index in [0.29, 0.717) is 13.2 Å². The fourth-order valence-electron chi connectivity index (χ4n) is 2.91. The molecule has 1 saturated heterocycles. The molecular weight excluding hydrogens is 278 g/mol. The Morgan fingerprint density at radius 2 is 2.09 bits per heavy atom. The van der Waals surface area contributed by atoms with Crippen molar-refractivity contribution in [3.8, 4) is 0 Å². The first-order chi connectivity index (χ1) is 10.7. The van der Waals surface area contributed by atoms with Crippen LogP contribution in [0.5, 0.6) is 0 Å². The molecule has 1 fully saturated rings. The summed E-state index contributed by atoms with van der Waals surface area (Å²) in [5.74, 6) is 1.04. The Morgan fingerprint density at radius 1 is 1.32 bits per heavy atom. The molecule has 1 N–H and O–H groups in total. The number of hydrogen-bond donors (Lipinski definition) is 1. The summed E-state index contributed by atoms with van der Waals surface area (Å²) < 4.78 is 7.44. The Morgan fingerprint density at radius 3 is 2.73 bits per heavy atom. The number of aliphatic hydroxyl groups excluding tert-OH is 1. The second kappa shape index (κ2) is 6.60. The third-order valence-electron chi connectivity index (χ3n) is 4.17. The Labute approximate surface area is 131 Å². The zero-order valence-corrected chi connectivity index (χ0v) is 13.0. The minimum Gasteiger partial charge on any atom is -0.396 e. The van der Waals surface area contributed by atoms with Crippen LogP contribution in [0.4, 0.5) is 0 Å². The average Bonchev–Trinajstić information content (AvgIpc) is 2.91. The van der Waals surface area contributed by atoms with E-state index in [-0.39, 0.29) is 12.0 Å². The highest BCUT2D eigenvalue weighted by Gasteiger charge is 2.39. The van der Waals surface area contributed by atoms with Gasteiger partial charge in [-0.25, -0.2) is 4.98 Å². The van der Waals surface area contributed by atoms with Crippen LogP contribution in [-0.4, -0.2) is 53.0 Å². The Hall–Kier alpha value is -1.69. The number of aromatic nitrogens is 2. The van der Waals surface area contributed by atoms with Gasteiger partial charge in [-0.3, -0.25) is 4.90 Å². The van der Waals surface area contributed by atoms with E-state index in [1.54, 1.807) is 0 Å². The van der Waals surface area contributed by atoms with Crippen LogP contribution in [0.1, 0.15) is 11.4 Å². The molecule has 2 aromatic rings. The predicted molar refractivity (Wildman–Crippen MR) is 84.4 cm³/mol. The minimum atomic E-state index is -0.0917. The van der Waals surface area contributed by atoms with Crippen LogP contribution in [-0.2, 0) is 17.8 Å². The van der Waals surface area contributed by atoms with Crippen molar-refractivity contribution in [3.63, 3.8) is 0 Å². The van der Waals surface area contributed by atoms with E-state index in [1.165, 1.54) is 5.56 Å². The molecule has 0 aliphatic carbocycles. The summed E-state index contributed by atoms with van der Waals surface area (Å²) >= 11 is 0. The Balaban J connectivity index is 1.62. The molecule has 118 valence electrons. The van der Waals surface area contributed by atoms with Crippen LogP contribution in [0.15, 0.2) is 42.7 Å². The SMILES string of the molecule is CN(Cc1nccn1Cc1ccccc1)CC1(CO)COC1. The minimum absolute atomic E-state index is 0.0917. The van der Waals surface area contributed by atoms with Gasteiger partial charge in [-0.15, -0.1) is 0 Å². The van der Waals surface area contributed by atoms with E-state index in [9.17, 15) is 5.11 Å². The highest BCUT2D eigenvalue weighted by atomic mass is 16.5. The van der Waals surface area contributed by atoms with Gasteiger partial charge in [0.2, 0.25) is 0 Å². The normalized spacial score (nSPS) is 16.7. The van der Waals surface area contributed by atoms with Crippen molar-refractivity contribution in [3.05, 3.63) is 54.1 Å². The second-order valence-electron chi connectivity index (χ2n) is 6.28. The van der Waals surface area contributed by atoms with Crippen LogP contribution in [0.3, 0.4) is 0 Å². The van der Waals surface area contributed by atoms with E-state index >= 15 is 0 Å². The molecule has 5 nitrogen and oxygen atoms in total. The molecule has 3 rings (SSSR count). The highest BCUT2D eigenvalue weighted by molar-refractivity contribution is 5.15. The lowest BCUT2D eigenvalue weighted by Crippen LogP contribution is -2.52. The summed E-state index contributed by atoms with van der Waals surface area (Å²) in [6, 6.07) is 10.4. The number of hydrogen-bond acceptors (Lipinski definition) is 4. The van der Waals surface area contributed by atoms with E-state index in [4.69, 9.17) is 4.74 Å². The second-order valence-corrected chi connectivity index (χ2v) is 6.28. The Kier molecular flexibility index (Phi) is 4.57. The first kappa shape index (κ1) is 15.2. The van der Waals surface area contributed by atoms with Crippen molar-refractivity contribution in [2.75, 3.05) is 33.4 Å². The van der Waals surface area contributed by atoms with Crippen molar-refractivity contribution in [1.82, 2.24) is 14.5 Å². The molecule has 1 aromatic heterocycles. The van der Waals surface area contributed by atoms with Crippen LogP contribution in [0, 0.1) is 5.41 Å². The average molecular weight is 301 g/mol. The zero-order chi connectivity index (χ0) is 15.4. The maximum Gasteiger partial charge on any atom is 0.123 e. The summed E-state index contributed by atoms with van der Waals surface area (Å²) in [5.41, 5.74) is 1.18. The third-order valence-corrected chi connectivity index (χ3v) is 4.17. The first-order valence-corrected chi connectivity index (χ1v) is 7.62. The number of ether oxygens (including phenoxy) is 1. The molecule has 0 bridgehead atoms. The number of aliphatic hydroxyl groups is 1. The summed E-state index contributed by atoms with van der Waals surface area (Å²) in [5, 5.41) is 9.53. The molecule has 1 aliphatic heterocycles. The molecule has 1 aliphatic rings. The predicted octanol–water partition coefficient (Wildman–Crippen LogP) is 1.37. The van der Waals surface area contributed by atoms with Crippen molar-refractivity contribution >= 4 is 0 Å². The van der Waals surface area contributed by atoms with E-state index in [1.807, 2.05) is 18.5 Å². The van der Waals surface area contributed by atoms with Crippen molar-refractivity contribution in [2.24, 2.45) is 5.41 Å². The lowest BCUT2D eigenvalue weighted by Gasteiger charge is -2.42. The fraction of sp³-hybridized carbons (Fsp3) is 0.471. The molecule has 5 heteroatoms. The first-order valence-electron chi connectivity index (χ1n) is 7.62.